The molecule has 2 rings (SSSR count). The molecule has 0 bridgehead atoms. The van der Waals surface area contributed by atoms with E-state index in [4.69, 9.17) is 5.11 Å². The van der Waals surface area contributed by atoms with Crippen molar-refractivity contribution in [3.63, 3.8) is 0 Å². The maximum Gasteiger partial charge on any atom is 0.407 e. The molecule has 0 aromatic carbocycles. The van der Waals surface area contributed by atoms with E-state index in [-0.39, 0.29) is 22.5 Å². The smallest absolute Gasteiger partial charge is 0.407 e. The zero-order chi connectivity index (χ0) is 11.4. The summed E-state index contributed by atoms with van der Waals surface area (Å²) in [6.45, 7) is 7.20. The van der Waals surface area contributed by atoms with Gasteiger partial charge in [0.15, 0.2) is 0 Å². The third-order valence-electron chi connectivity index (χ3n) is 4.19. The number of Topliss-reactive ketones (excluding diaryl/α,β-unsaturated/α-hetero) is 1. The van der Waals surface area contributed by atoms with Crippen LogP contribution in [-0.2, 0) is 4.79 Å². The van der Waals surface area contributed by atoms with E-state index in [1.165, 1.54) is 4.90 Å². The highest BCUT2D eigenvalue weighted by molar-refractivity contribution is 5.91. The van der Waals surface area contributed by atoms with Crippen LogP contribution in [0.25, 0.3) is 0 Å². The van der Waals surface area contributed by atoms with Gasteiger partial charge >= 0.3 is 6.09 Å². The minimum absolute atomic E-state index is 0.00419. The fourth-order valence-corrected chi connectivity index (χ4v) is 2.97. The number of nitrogens with zero attached hydrogens (tertiary/aromatic N) is 1. The fourth-order valence-electron chi connectivity index (χ4n) is 2.97. The summed E-state index contributed by atoms with van der Waals surface area (Å²) in [5, 5.41) is 8.96. The number of fused-ring (bicyclic) bond motifs is 1. The van der Waals surface area contributed by atoms with E-state index >= 15 is 0 Å². The second kappa shape index (κ2) is 2.74. The monoisotopic (exact) mass is 211 g/mol. The molecule has 2 unspecified atom stereocenters. The summed E-state index contributed by atoms with van der Waals surface area (Å²) in [4.78, 5) is 23.8. The topological polar surface area (TPSA) is 57.6 Å². The van der Waals surface area contributed by atoms with E-state index in [0.29, 0.717) is 19.5 Å². The van der Waals surface area contributed by atoms with Gasteiger partial charge in [0.05, 0.1) is 0 Å². The lowest BCUT2D eigenvalue weighted by atomic mass is 9.50. The molecule has 2 aliphatic rings. The average molecular weight is 211 g/mol. The molecule has 0 aromatic rings. The Morgan fingerprint density at radius 3 is 2.47 bits per heavy atom. The number of hydrogen-bond donors (Lipinski definition) is 1. The minimum Gasteiger partial charge on any atom is -0.465 e. The summed E-state index contributed by atoms with van der Waals surface area (Å²) in [7, 11) is 0. The van der Waals surface area contributed by atoms with Crippen LogP contribution in [0.1, 0.15) is 27.2 Å². The van der Waals surface area contributed by atoms with Gasteiger partial charge in [0.1, 0.15) is 5.78 Å². The molecule has 15 heavy (non-hydrogen) atoms. The Hall–Kier alpha value is -1.06. The molecule has 84 valence electrons. The summed E-state index contributed by atoms with van der Waals surface area (Å²) in [6, 6.07) is 0. The van der Waals surface area contributed by atoms with Crippen LogP contribution in [-0.4, -0.2) is 35.0 Å². The number of ketones is 1. The highest BCUT2D eigenvalue weighted by Crippen LogP contribution is 2.59. The molecule has 1 aliphatic carbocycles. The van der Waals surface area contributed by atoms with Crippen molar-refractivity contribution in [3.8, 4) is 0 Å². The van der Waals surface area contributed by atoms with Crippen LogP contribution in [0.15, 0.2) is 0 Å². The van der Waals surface area contributed by atoms with Gasteiger partial charge in [0.25, 0.3) is 0 Å². The van der Waals surface area contributed by atoms with Crippen molar-refractivity contribution in [3.05, 3.63) is 0 Å². The van der Waals surface area contributed by atoms with Crippen molar-refractivity contribution in [2.45, 2.75) is 27.2 Å². The van der Waals surface area contributed by atoms with Crippen LogP contribution in [0, 0.1) is 16.7 Å². The first-order chi connectivity index (χ1) is 6.78. The second-order valence-electron chi connectivity index (χ2n) is 5.76. The van der Waals surface area contributed by atoms with Gasteiger partial charge in [-0.3, -0.25) is 4.79 Å². The molecule has 2 atom stereocenters. The van der Waals surface area contributed by atoms with Crippen LogP contribution < -0.4 is 0 Å². The molecule has 1 N–H and O–H groups in total. The number of carboxylic acid groups (broad SMARTS) is 1. The third-order valence-corrected chi connectivity index (χ3v) is 4.19. The first-order valence-electron chi connectivity index (χ1n) is 5.28. The summed E-state index contributed by atoms with van der Waals surface area (Å²) >= 11 is 0. The van der Waals surface area contributed by atoms with E-state index < -0.39 is 6.09 Å². The molecule has 1 amide bonds. The molecule has 1 aliphatic heterocycles. The van der Waals surface area contributed by atoms with Crippen molar-refractivity contribution in [2.24, 2.45) is 16.7 Å². The highest BCUT2D eigenvalue weighted by Gasteiger charge is 2.64. The predicted molar refractivity (Wildman–Crippen MR) is 54.6 cm³/mol. The highest BCUT2D eigenvalue weighted by atomic mass is 16.4. The molecule has 0 aromatic heterocycles. The summed E-state index contributed by atoms with van der Waals surface area (Å²) in [5.41, 5.74) is -0.113. The Morgan fingerprint density at radius 1 is 1.53 bits per heavy atom. The molecule has 1 heterocycles. The predicted octanol–water partition coefficient (Wildman–Crippen LogP) is 1.60. The zero-order valence-electron chi connectivity index (χ0n) is 9.41. The molecule has 2 fully saturated rings. The van der Waals surface area contributed by atoms with Crippen LogP contribution in [0.2, 0.25) is 0 Å². The van der Waals surface area contributed by atoms with E-state index in [9.17, 15) is 9.59 Å². The fraction of sp³-hybridized carbons (Fsp3) is 0.818. The number of hydrogen-bond acceptors (Lipinski definition) is 2. The number of likely N-dealkylation sites (tertiary alicyclic amines) is 1. The van der Waals surface area contributed by atoms with Gasteiger partial charge < -0.3 is 10.0 Å². The SMILES string of the molecule is CC(C)(C)C12CC(=O)C1CN(C(=O)O)C2. The Bertz CT molecular complexity index is 331. The van der Waals surface area contributed by atoms with E-state index in [1.807, 2.05) is 0 Å². The number of carbonyl (C=O) groups excluding carboxylic acids is 1. The molecule has 4 nitrogen and oxygen atoms in total. The van der Waals surface area contributed by atoms with Crippen LogP contribution >= 0.6 is 0 Å². The molecular weight excluding hydrogens is 194 g/mol. The van der Waals surface area contributed by atoms with Gasteiger partial charge in [-0.25, -0.2) is 4.79 Å². The largest absolute Gasteiger partial charge is 0.465 e. The van der Waals surface area contributed by atoms with Gasteiger partial charge in [-0.2, -0.15) is 0 Å². The van der Waals surface area contributed by atoms with E-state index in [2.05, 4.69) is 20.8 Å². The summed E-state index contributed by atoms with van der Waals surface area (Å²) in [6.07, 6.45) is -0.355. The quantitative estimate of drug-likeness (QED) is 0.662. The van der Waals surface area contributed by atoms with Gasteiger partial charge in [0.2, 0.25) is 0 Å². The van der Waals surface area contributed by atoms with Crippen LogP contribution in [0.4, 0.5) is 4.79 Å². The molecule has 1 saturated carbocycles. The lowest BCUT2D eigenvalue weighted by Gasteiger charge is -2.51. The summed E-state index contributed by atoms with van der Waals surface area (Å²) in [5.74, 6) is 0.169. The lowest BCUT2D eigenvalue weighted by Crippen LogP contribution is -2.55. The van der Waals surface area contributed by atoms with Gasteiger partial charge in [-0.05, 0) is 5.41 Å². The Balaban J connectivity index is 2.28. The van der Waals surface area contributed by atoms with Gasteiger partial charge in [-0.1, -0.05) is 20.8 Å². The zero-order valence-corrected chi connectivity index (χ0v) is 9.41. The standard InChI is InChI=1S/C11H17NO3/c1-10(2,3)11-4-8(13)7(11)5-12(6-11)9(14)15/h7H,4-6H2,1-3H3,(H,14,15). The van der Waals surface area contributed by atoms with E-state index in [1.54, 1.807) is 0 Å². The molecule has 0 spiro atoms. The summed E-state index contributed by atoms with van der Waals surface area (Å²) < 4.78 is 0. The third kappa shape index (κ3) is 1.20. The average Bonchev–Trinajstić information content (AvgIpc) is 2.37. The lowest BCUT2D eigenvalue weighted by molar-refractivity contribution is -0.147. The van der Waals surface area contributed by atoms with Crippen LogP contribution in [0.3, 0.4) is 0 Å². The minimum atomic E-state index is -0.902. The Kier molecular flexibility index (Phi) is 1.91. The number of carbonyl (C=O) groups is 2. The van der Waals surface area contributed by atoms with Crippen LogP contribution in [0.5, 0.6) is 0 Å². The Labute approximate surface area is 89.3 Å². The first kappa shape index (κ1) is 10.5. The first-order valence-corrected chi connectivity index (χ1v) is 5.28. The second-order valence-corrected chi connectivity index (χ2v) is 5.76. The Morgan fingerprint density at radius 2 is 2.13 bits per heavy atom. The van der Waals surface area contributed by atoms with Gasteiger partial charge in [0, 0.05) is 30.8 Å². The van der Waals surface area contributed by atoms with Gasteiger partial charge in [-0.15, -0.1) is 0 Å². The van der Waals surface area contributed by atoms with Crippen molar-refractivity contribution >= 4 is 11.9 Å². The molecule has 4 heteroatoms. The van der Waals surface area contributed by atoms with E-state index in [0.717, 1.165) is 0 Å². The molecular formula is C11H17NO3. The molecule has 1 saturated heterocycles. The number of amides is 1. The maximum absolute atomic E-state index is 11.5. The van der Waals surface area contributed by atoms with Crippen molar-refractivity contribution < 1.29 is 14.7 Å². The maximum atomic E-state index is 11.5. The number of rotatable bonds is 0. The molecule has 0 radical (unpaired) electrons. The normalized spacial score (nSPS) is 35.0. The van der Waals surface area contributed by atoms with Crippen molar-refractivity contribution in [1.29, 1.82) is 0 Å². The van der Waals surface area contributed by atoms with Crippen molar-refractivity contribution in [1.82, 2.24) is 4.90 Å². The van der Waals surface area contributed by atoms with Crippen molar-refractivity contribution in [2.75, 3.05) is 13.1 Å².